The average Bonchev–Trinajstić information content (AvgIpc) is 3.14. The molecule has 28 heavy (non-hydrogen) atoms. The molecule has 1 atom stereocenters. The molecule has 0 amide bonds. The Morgan fingerprint density at radius 2 is 2.14 bits per heavy atom. The molecule has 1 fully saturated rings. The van der Waals surface area contributed by atoms with Crippen molar-refractivity contribution >= 4 is 0 Å². The molecule has 2 aromatic rings. The van der Waals surface area contributed by atoms with Crippen LogP contribution < -0.4 is 5.32 Å². The van der Waals surface area contributed by atoms with Crippen LogP contribution in [0.3, 0.4) is 0 Å². The van der Waals surface area contributed by atoms with Crippen molar-refractivity contribution in [2.24, 2.45) is 0 Å². The van der Waals surface area contributed by atoms with E-state index >= 15 is 0 Å². The lowest BCUT2D eigenvalue weighted by Crippen LogP contribution is -2.24. The molecule has 154 valence electrons. The van der Waals surface area contributed by atoms with E-state index in [9.17, 15) is 13.2 Å². The molecule has 1 aromatic heterocycles. The van der Waals surface area contributed by atoms with Gasteiger partial charge in [-0.2, -0.15) is 13.2 Å². The summed E-state index contributed by atoms with van der Waals surface area (Å²) in [5.41, 5.74) is 0.353. The minimum Gasteiger partial charge on any atom is -0.353 e. The van der Waals surface area contributed by atoms with Crippen molar-refractivity contribution in [1.29, 1.82) is 0 Å². The summed E-state index contributed by atoms with van der Waals surface area (Å²) in [7, 11) is 0. The van der Waals surface area contributed by atoms with Crippen molar-refractivity contribution in [2.45, 2.75) is 64.8 Å². The summed E-state index contributed by atoms with van der Waals surface area (Å²) in [6.07, 6.45) is -0.229. The van der Waals surface area contributed by atoms with Crippen LogP contribution in [0.25, 0.3) is 5.69 Å². The number of nitrogens with one attached hydrogen (secondary N) is 1. The fraction of sp³-hybridized carbons (Fsp3) is 0.579. The van der Waals surface area contributed by atoms with E-state index in [-0.39, 0.29) is 31.0 Å². The number of benzene rings is 1. The maximum atomic E-state index is 13.5. The number of ether oxygens (including phenoxy) is 2. The van der Waals surface area contributed by atoms with Crippen LogP contribution in [0.4, 0.5) is 13.2 Å². The van der Waals surface area contributed by atoms with Gasteiger partial charge in [0.15, 0.2) is 6.29 Å². The van der Waals surface area contributed by atoms with Crippen LogP contribution in [-0.4, -0.2) is 33.9 Å². The van der Waals surface area contributed by atoms with E-state index in [1.165, 1.54) is 10.7 Å². The van der Waals surface area contributed by atoms with Gasteiger partial charge in [-0.3, -0.25) is 0 Å². The lowest BCUT2D eigenvalue weighted by molar-refractivity contribution is -0.169. The van der Waals surface area contributed by atoms with Crippen LogP contribution in [-0.2, 0) is 28.8 Å². The predicted octanol–water partition coefficient (Wildman–Crippen LogP) is 3.83. The summed E-state index contributed by atoms with van der Waals surface area (Å²) in [6.45, 7) is 4.80. The number of halogens is 3. The van der Waals surface area contributed by atoms with E-state index < -0.39 is 11.7 Å². The zero-order valence-electron chi connectivity index (χ0n) is 16.0. The molecule has 0 spiro atoms. The molecule has 1 aliphatic rings. The molecule has 1 N–H and O–H groups in total. The maximum absolute atomic E-state index is 13.5. The Morgan fingerprint density at radius 3 is 2.82 bits per heavy atom. The molecular formula is C19H25F3N4O2. The molecule has 0 radical (unpaired) electrons. The molecule has 2 heterocycles. The third-order valence-corrected chi connectivity index (χ3v) is 4.46. The number of nitrogens with zero attached hydrogens (tertiary/aromatic N) is 3. The van der Waals surface area contributed by atoms with Crippen LogP contribution in [0.5, 0.6) is 0 Å². The summed E-state index contributed by atoms with van der Waals surface area (Å²) < 4.78 is 52.9. The molecular weight excluding hydrogens is 373 g/mol. The number of hydrogen-bond acceptors (Lipinski definition) is 5. The first-order valence-electron chi connectivity index (χ1n) is 9.41. The standard InChI is InChI=1S/C19H25F3N4O2/c1-13(2)23-10-14-6-7-16(9-17(14)19(20,21)22)26-11-15(24-25-26)12-28-18-5-3-4-8-27-18/h6-7,9,11,13,18,23H,3-5,8,10,12H2,1-2H3. The van der Waals surface area contributed by atoms with Gasteiger partial charge in [0.1, 0.15) is 5.69 Å². The minimum atomic E-state index is -4.45. The van der Waals surface area contributed by atoms with Crippen LogP contribution in [0, 0.1) is 0 Å². The molecule has 0 aliphatic carbocycles. The van der Waals surface area contributed by atoms with Crippen LogP contribution in [0.15, 0.2) is 24.4 Å². The molecule has 0 bridgehead atoms. The summed E-state index contributed by atoms with van der Waals surface area (Å²) in [4.78, 5) is 0. The van der Waals surface area contributed by atoms with E-state index in [1.807, 2.05) is 13.8 Å². The van der Waals surface area contributed by atoms with E-state index in [0.717, 1.165) is 25.3 Å². The Balaban J connectivity index is 1.73. The fourth-order valence-electron chi connectivity index (χ4n) is 2.95. The molecule has 9 heteroatoms. The average molecular weight is 398 g/mol. The van der Waals surface area contributed by atoms with Gasteiger partial charge in [0, 0.05) is 19.2 Å². The largest absolute Gasteiger partial charge is 0.416 e. The summed E-state index contributed by atoms with van der Waals surface area (Å²) in [5.74, 6) is 0. The molecule has 1 unspecified atom stereocenters. The second-order valence-electron chi connectivity index (χ2n) is 7.14. The highest BCUT2D eigenvalue weighted by atomic mass is 19.4. The second kappa shape index (κ2) is 9.02. The molecule has 3 rings (SSSR count). The van der Waals surface area contributed by atoms with Crippen molar-refractivity contribution in [3.8, 4) is 5.69 Å². The normalized spacial score (nSPS) is 18.0. The van der Waals surface area contributed by atoms with Gasteiger partial charge in [-0.15, -0.1) is 5.10 Å². The van der Waals surface area contributed by atoms with Crippen molar-refractivity contribution < 1.29 is 22.6 Å². The Morgan fingerprint density at radius 1 is 1.32 bits per heavy atom. The van der Waals surface area contributed by atoms with Crippen molar-refractivity contribution in [3.63, 3.8) is 0 Å². The number of hydrogen-bond donors (Lipinski definition) is 1. The Bertz CT molecular complexity index is 771. The first kappa shape index (κ1) is 20.8. The van der Waals surface area contributed by atoms with Crippen molar-refractivity contribution in [3.05, 3.63) is 41.2 Å². The zero-order valence-corrected chi connectivity index (χ0v) is 16.0. The summed E-state index contributed by atoms with van der Waals surface area (Å²) in [6, 6.07) is 4.27. The van der Waals surface area contributed by atoms with Gasteiger partial charge < -0.3 is 14.8 Å². The first-order valence-corrected chi connectivity index (χ1v) is 9.41. The van der Waals surface area contributed by atoms with Crippen molar-refractivity contribution in [1.82, 2.24) is 20.3 Å². The number of aromatic nitrogens is 3. The Hall–Kier alpha value is -1.97. The topological polar surface area (TPSA) is 61.2 Å². The molecule has 6 nitrogen and oxygen atoms in total. The first-order chi connectivity index (χ1) is 13.3. The van der Waals surface area contributed by atoms with Gasteiger partial charge >= 0.3 is 6.18 Å². The Kier molecular flexibility index (Phi) is 6.69. The SMILES string of the molecule is CC(C)NCc1ccc(-n2cc(COC3CCCCO3)nn2)cc1C(F)(F)F. The van der Waals surface area contributed by atoms with Gasteiger partial charge in [-0.25, -0.2) is 4.68 Å². The fourth-order valence-corrected chi connectivity index (χ4v) is 2.95. The quantitative estimate of drug-likeness (QED) is 0.768. The number of rotatable bonds is 7. The highest BCUT2D eigenvalue weighted by molar-refractivity contribution is 5.41. The smallest absolute Gasteiger partial charge is 0.353 e. The molecule has 0 saturated carbocycles. The Labute approximate surface area is 162 Å². The van der Waals surface area contributed by atoms with E-state index in [2.05, 4.69) is 15.6 Å². The third kappa shape index (κ3) is 5.52. The molecule has 1 saturated heterocycles. The highest BCUT2D eigenvalue weighted by Crippen LogP contribution is 2.33. The minimum absolute atomic E-state index is 0.0896. The lowest BCUT2D eigenvalue weighted by Gasteiger charge is -2.22. The highest BCUT2D eigenvalue weighted by Gasteiger charge is 2.33. The summed E-state index contributed by atoms with van der Waals surface area (Å²) >= 11 is 0. The van der Waals surface area contributed by atoms with Gasteiger partial charge in [-0.1, -0.05) is 25.1 Å². The van der Waals surface area contributed by atoms with Crippen LogP contribution in [0.2, 0.25) is 0 Å². The van der Waals surface area contributed by atoms with E-state index in [4.69, 9.17) is 9.47 Å². The van der Waals surface area contributed by atoms with Gasteiger partial charge in [-0.05, 0) is 37.0 Å². The second-order valence-corrected chi connectivity index (χ2v) is 7.14. The van der Waals surface area contributed by atoms with Gasteiger partial charge in [0.25, 0.3) is 0 Å². The van der Waals surface area contributed by atoms with Crippen molar-refractivity contribution in [2.75, 3.05) is 6.61 Å². The van der Waals surface area contributed by atoms with Gasteiger partial charge in [0.2, 0.25) is 0 Å². The van der Waals surface area contributed by atoms with E-state index in [1.54, 1.807) is 12.3 Å². The molecule has 1 aliphatic heterocycles. The third-order valence-electron chi connectivity index (χ3n) is 4.46. The lowest BCUT2D eigenvalue weighted by atomic mass is 10.1. The van der Waals surface area contributed by atoms with Crippen LogP contribution in [0.1, 0.15) is 49.9 Å². The molecule has 1 aromatic carbocycles. The van der Waals surface area contributed by atoms with Gasteiger partial charge in [0.05, 0.1) is 24.1 Å². The number of alkyl halides is 3. The van der Waals surface area contributed by atoms with Crippen LogP contribution >= 0.6 is 0 Å². The predicted molar refractivity (Wildman–Crippen MR) is 96.7 cm³/mol. The van der Waals surface area contributed by atoms with E-state index in [0.29, 0.717) is 18.0 Å². The maximum Gasteiger partial charge on any atom is 0.416 e. The monoisotopic (exact) mass is 398 g/mol. The summed E-state index contributed by atoms with van der Waals surface area (Å²) in [5, 5.41) is 11.0. The zero-order chi connectivity index (χ0) is 20.1.